The summed E-state index contributed by atoms with van der Waals surface area (Å²) in [5.74, 6) is -0.608. The number of hydrogen-bond donors (Lipinski definition) is 1. The van der Waals surface area contributed by atoms with Gasteiger partial charge in [-0.1, -0.05) is 0 Å². The molecular weight excluding hydrogens is 236 g/mol. The van der Waals surface area contributed by atoms with E-state index in [1.807, 2.05) is 6.92 Å². The van der Waals surface area contributed by atoms with Gasteiger partial charge in [0.2, 0.25) is 0 Å². The first-order valence-electron chi connectivity index (χ1n) is 5.48. The normalized spacial score (nSPS) is 10.6. The zero-order valence-corrected chi connectivity index (χ0v) is 10.0. The lowest BCUT2D eigenvalue weighted by Gasteiger charge is -2.07. The molecule has 0 saturated heterocycles. The Morgan fingerprint density at radius 3 is 2.78 bits per heavy atom. The molecule has 0 aliphatic heterocycles. The fourth-order valence-electron chi connectivity index (χ4n) is 1.81. The van der Waals surface area contributed by atoms with Crippen LogP contribution in [-0.2, 0) is 0 Å². The van der Waals surface area contributed by atoms with Crippen molar-refractivity contribution in [3.8, 4) is 5.75 Å². The van der Waals surface area contributed by atoms with Gasteiger partial charge in [-0.25, -0.2) is 9.59 Å². The predicted molar refractivity (Wildman–Crippen MR) is 65.3 cm³/mol. The highest BCUT2D eigenvalue weighted by atomic mass is 16.5. The lowest BCUT2D eigenvalue weighted by atomic mass is 10.1. The molecule has 0 saturated carbocycles. The Labute approximate surface area is 103 Å². The molecule has 1 aromatic carbocycles. The predicted octanol–water partition coefficient (Wildman–Crippen LogP) is 2.20. The molecule has 0 spiro atoms. The van der Waals surface area contributed by atoms with Crippen molar-refractivity contribution in [3.63, 3.8) is 0 Å². The van der Waals surface area contributed by atoms with Crippen LogP contribution in [0.5, 0.6) is 5.75 Å². The van der Waals surface area contributed by atoms with Gasteiger partial charge < -0.3 is 14.3 Å². The molecule has 5 nitrogen and oxygen atoms in total. The van der Waals surface area contributed by atoms with Crippen LogP contribution in [0.3, 0.4) is 0 Å². The Kier molecular flexibility index (Phi) is 3.06. The minimum absolute atomic E-state index is 0.0238. The number of hydrogen-bond acceptors (Lipinski definition) is 4. The van der Waals surface area contributed by atoms with Gasteiger partial charge in [0.25, 0.3) is 0 Å². The maximum absolute atomic E-state index is 11.6. The van der Waals surface area contributed by atoms with Gasteiger partial charge in [-0.05, 0) is 26.0 Å². The number of benzene rings is 1. The number of rotatable bonds is 3. The summed E-state index contributed by atoms with van der Waals surface area (Å²) >= 11 is 0. The minimum atomic E-state index is -1.14. The lowest BCUT2D eigenvalue weighted by molar-refractivity contribution is 0.0697. The van der Waals surface area contributed by atoms with E-state index < -0.39 is 11.6 Å². The molecule has 0 unspecified atom stereocenters. The largest absolute Gasteiger partial charge is 0.494 e. The topological polar surface area (TPSA) is 76.7 Å². The monoisotopic (exact) mass is 248 g/mol. The fraction of sp³-hybridized carbons (Fsp3) is 0.231. The summed E-state index contributed by atoms with van der Waals surface area (Å²) in [5, 5.41) is 9.54. The Hall–Kier alpha value is -2.30. The summed E-state index contributed by atoms with van der Waals surface area (Å²) in [6.45, 7) is 3.75. The van der Waals surface area contributed by atoms with Gasteiger partial charge in [-0.3, -0.25) is 0 Å². The number of aromatic carboxylic acids is 1. The molecule has 1 aromatic heterocycles. The van der Waals surface area contributed by atoms with E-state index in [2.05, 4.69) is 0 Å². The van der Waals surface area contributed by atoms with Crippen molar-refractivity contribution in [2.45, 2.75) is 13.8 Å². The van der Waals surface area contributed by atoms with Crippen LogP contribution in [0.2, 0.25) is 0 Å². The van der Waals surface area contributed by atoms with E-state index >= 15 is 0 Å². The second-order valence-electron chi connectivity index (χ2n) is 3.79. The number of carbonyl (C=O) groups is 1. The lowest BCUT2D eigenvalue weighted by Crippen LogP contribution is -2.12. The first-order chi connectivity index (χ1) is 8.54. The van der Waals surface area contributed by atoms with Crippen LogP contribution in [0.1, 0.15) is 22.8 Å². The van der Waals surface area contributed by atoms with Crippen LogP contribution < -0.4 is 10.4 Å². The van der Waals surface area contributed by atoms with Crippen molar-refractivity contribution >= 4 is 16.9 Å². The van der Waals surface area contributed by atoms with E-state index in [0.29, 0.717) is 17.7 Å². The highest BCUT2D eigenvalue weighted by Crippen LogP contribution is 2.24. The summed E-state index contributed by atoms with van der Waals surface area (Å²) in [7, 11) is 0. The van der Waals surface area contributed by atoms with Gasteiger partial charge in [0.15, 0.2) is 0 Å². The summed E-state index contributed by atoms with van der Waals surface area (Å²) < 4.78 is 10.3. The second-order valence-corrected chi connectivity index (χ2v) is 3.79. The average Bonchev–Trinajstić information content (AvgIpc) is 2.31. The highest BCUT2D eigenvalue weighted by Gasteiger charge is 2.17. The average molecular weight is 248 g/mol. The van der Waals surface area contributed by atoms with Crippen molar-refractivity contribution in [1.82, 2.24) is 0 Å². The third-order valence-corrected chi connectivity index (χ3v) is 2.63. The van der Waals surface area contributed by atoms with Crippen LogP contribution in [-0.4, -0.2) is 17.7 Å². The molecule has 1 N–H and O–H groups in total. The van der Waals surface area contributed by atoms with Crippen molar-refractivity contribution in [2.24, 2.45) is 0 Å². The van der Waals surface area contributed by atoms with Gasteiger partial charge in [0.05, 0.1) is 12.2 Å². The standard InChI is InChI=1S/C13H12O5/c1-3-17-8-4-5-9-10(6-8)18-13(16)7(2)11(9)12(14)15/h4-6H,3H2,1-2H3,(H,14,15). The molecule has 0 atom stereocenters. The summed E-state index contributed by atoms with van der Waals surface area (Å²) in [6, 6.07) is 4.75. The molecule has 1 heterocycles. The first-order valence-corrected chi connectivity index (χ1v) is 5.48. The molecule has 0 radical (unpaired) electrons. The van der Waals surface area contributed by atoms with E-state index in [1.165, 1.54) is 13.0 Å². The summed E-state index contributed by atoms with van der Waals surface area (Å²) in [4.78, 5) is 22.7. The molecule has 0 amide bonds. The van der Waals surface area contributed by atoms with Crippen LogP contribution >= 0.6 is 0 Å². The molecule has 0 aliphatic rings. The molecule has 94 valence electrons. The zero-order valence-electron chi connectivity index (χ0n) is 10.0. The van der Waals surface area contributed by atoms with Crippen molar-refractivity contribution < 1.29 is 19.1 Å². The van der Waals surface area contributed by atoms with Gasteiger partial charge in [0, 0.05) is 17.0 Å². The van der Waals surface area contributed by atoms with Crippen LogP contribution in [0.15, 0.2) is 27.4 Å². The van der Waals surface area contributed by atoms with E-state index in [9.17, 15) is 9.59 Å². The van der Waals surface area contributed by atoms with Crippen LogP contribution in [0, 0.1) is 6.92 Å². The van der Waals surface area contributed by atoms with E-state index in [-0.39, 0.29) is 16.7 Å². The molecular formula is C13H12O5. The second kappa shape index (κ2) is 4.52. The molecule has 2 rings (SSSR count). The maximum Gasteiger partial charge on any atom is 0.340 e. The smallest absolute Gasteiger partial charge is 0.340 e. The van der Waals surface area contributed by atoms with E-state index in [0.717, 1.165) is 0 Å². The fourth-order valence-corrected chi connectivity index (χ4v) is 1.81. The van der Waals surface area contributed by atoms with E-state index in [1.54, 1.807) is 12.1 Å². The third kappa shape index (κ3) is 1.95. The van der Waals surface area contributed by atoms with Crippen LogP contribution in [0.4, 0.5) is 0 Å². The molecule has 0 bridgehead atoms. The number of fused-ring (bicyclic) bond motifs is 1. The van der Waals surface area contributed by atoms with Crippen LogP contribution in [0.25, 0.3) is 11.0 Å². The maximum atomic E-state index is 11.6. The zero-order chi connectivity index (χ0) is 13.3. The van der Waals surface area contributed by atoms with Gasteiger partial charge in [-0.15, -0.1) is 0 Å². The molecule has 2 aromatic rings. The van der Waals surface area contributed by atoms with E-state index in [4.69, 9.17) is 14.3 Å². The summed E-state index contributed by atoms with van der Waals surface area (Å²) in [5.41, 5.74) is -0.356. The van der Waals surface area contributed by atoms with Crippen molar-refractivity contribution in [3.05, 3.63) is 39.7 Å². The molecule has 18 heavy (non-hydrogen) atoms. The Balaban J connectivity index is 2.79. The third-order valence-electron chi connectivity index (χ3n) is 2.63. The van der Waals surface area contributed by atoms with Gasteiger partial charge in [-0.2, -0.15) is 0 Å². The first kappa shape index (κ1) is 12.2. The Bertz CT molecular complexity index is 669. The molecule has 5 heteroatoms. The van der Waals surface area contributed by atoms with Crippen molar-refractivity contribution in [2.75, 3.05) is 6.61 Å². The molecule has 0 fully saturated rings. The Morgan fingerprint density at radius 2 is 2.17 bits per heavy atom. The molecule has 0 aliphatic carbocycles. The number of carboxylic acid groups (broad SMARTS) is 1. The SMILES string of the molecule is CCOc1ccc2c(C(=O)O)c(C)c(=O)oc2c1. The van der Waals surface area contributed by atoms with Gasteiger partial charge >= 0.3 is 11.6 Å². The number of ether oxygens (including phenoxy) is 1. The Morgan fingerprint density at radius 1 is 1.44 bits per heavy atom. The minimum Gasteiger partial charge on any atom is -0.494 e. The van der Waals surface area contributed by atoms with Crippen molar-refractivity contribution in [1.29, 1.82) is 0 Å². The summed E-state index contributed by atoms with van der Waals surface area (Å²) in [6.07, 6.45) is 0. The quantitative estimate of drug-likeness (QED) is 0.842. The highest BCUT2D eigenvalue weighted by molar-refractivity contribution is 6.03. The number of carboxylic acids is 1. The van der Waals surface area contributed by atoms with Gasteiger partial charge in [0.1, 0.15) is 11.3 Å².